The molecule has 0 amide bonds. The zero-order valence-corrected chi connectivity index (χ0v) is 14.6. The van der Waals surface area contributed by atoms with E-state index in [0.29, 0.717) is 16.8 Å². The van der Waals surface area contributed by atoms with E-state index in [1.54, 1.807) is 12.1 Å². The number of rotatable bonds is 4. The normalized spacial score (nSPS) is 16.1. The van der Waals surface area contributed by atoms with Crippen molar-refractivity contribution in [2.75, 3.05) is 22.9 Å². The molecule has 5 nitrogen and oxygen atoms in total. The van der Waals surface area contributed by atoms with E-state index in [1.165, 1.54) is 36.9 Å². The minimum Gasteiger partial charge on any atom is -0.360 e. The summed E-state index contributed by atoms with van der Waals surface area (Å²) in [5.41, 5.74) is 1.38. The predicted molar refractivity (Wildman–Crippen MR) is 95.9 cm³/mol. The molecule has 0 saturated heterocycles. The zero-order valence-electron chi connectivity index (χ0n) is 13.0. The lowest BCUT2D eigenvalue weighted by molar-refractivity contribution is 0.415. The van der Waals surface area contributed by atoms with Crippen LogP contribution < -0.4 is 14.9 Å². The molecule has 0 aliphatic heterocycles. The molecule has 22 heavy (non-hydrogen) atoms. The minimum absolute atomic E-state index is 0.440. The number of hydrogen-bond donors (Lipinski definition) is 2. The molecule has 0 bridgehead atoms. The molecule has 1 aliphatic carbocycles. The van der Waals surface area contributed by atoms with Gasteiger partial charge in [0.1, 0.15) is 0 Å². The molecule has 0 atom stereocenters. The Bertz CT molecular complexity index is 625. The van der Waals surface area contributed by atoms with Gasteiger partial charge in [0.25, 0.3) is 0 Å². The third-order valence-corrected chi connectivity index (χ3v) is 5.33. The maximum absolute atomic E-state index is 11.6. The third-order valence-electron chi connectivity index (χ3n) is 3.91. The summed E-state index contributed by atoms with van der Waals surface area (Å²) in [6.45, 7) is 0. The fraction of sp³-hybridized carbons (Fsp3) is 0.533. The summed E-state index contributed by atoms with van der Waals surface area (Å²) in [7, 11) is -1.73. The number of thiocarbonyl (C=S) groups is 1. The fourth-order valence-corrected chi connectivity index (χ4v) is 3.35. The summed E-state index contributed by atoms with van der Waals surface area (Å²) in [5, 5.41) is 7.06. The summed E-state index contributed by atoms with van der Waals surface area (Å²) in [5.74, 6) is 0. The number of sulfonamides is 1. The SMILES string of the molecule is CN(c1cccc(NC(=S)NC2CCCCC2)c1)S(C)(=O)=O. The van der Waals surface area contributed by atoms with Gasteiger partial charge in [0, 0.05) is 18.8 Å². The number of anilines is 2. The van der Waals surface area contributed by atoms with Crippen molar-refractivity contribution in [3.05, 3.63) is 24.3 Å². The van der Waals surface area contributed by atoms with Crippen LogP contribution in [0, 0.1) is 0 Å². The number of benzene rings is 1. The van der Waals surface area contributed by atoms with E-state index in [4.69, 9.17) is 12.2 Å². The Labute approximate surface area is 138 Å². The van der Waals surface area contributed by atoms with Crippen LogP contribution in [0.4, 0.5) is 11.4 Å². The molecular formula is C15H23N3O2S2. The van der Waals surface area contributed by atoms with Gasteiger partial charge in [0.05, 0.1) is 11.9 Å². The Morgan fingerprint density at radius 1 is 1.27 bits per heavy atom. The second kappa shape index (κ2) is 7.28. The van der Waals surface area contributed by atoms with Gasteiger partial charge >= 0.3 is 0 Å². The quantitative estimate of drug-likeness (QED) is 0.825. The maximum Gasteiger partial charge on any atom is 0.231 e. The second-order valence-corrected chi connectivity index (χ2v) is 8.14. The zero-order chi connectivity index (χ0) is 16.2. The van der Waals surface area contributed by atoms with Crippen LogP contribution in [-0.2, 0) is 10.0 Å². The van der Waals surface area contributed by atoms with Crippen molar-refractivity contribution in [2.24, 2.45) is 0 Å². The van der Waals surface area contributed by atoms with Gasteiger partial charge < -0.3 is 10.6 Å². The lowest BCUT2D eigenvalue weighted by Gasteiger charge is -2.24. The monoisotopic (exact) mass is 341 g/mol. The molecule has 1 aromatic carbocycles. The van der Waals surface area contributed by atoms with Crippen molar-refractivity contribution < 1.29 is 8.42 Å². The Kier molecular flexibility index (Phi) is 5.63. The molecule has 1 saturated carbocycles. The number of nitrogens with one attached hydrogen (secondary N) is 2. The van der Waals surface area contributed by atoms with Crippen LogP contribution in [0.2, 0.25) is 0 Å². The second-order valence-electron chi connectivity index (χ2n) is 5.71. The van der Waals surface area contributed by atoms with Crippen LogP contribution >= 0.6 is 12.2 Å². The third kappa shape index (κ3) is 4.84. The van der Waals surface area contributed by atoms with Gasteiger partial charge in [0.2, 0.25) is 10.0 Å². The van der Waals surface area contributed by atoms with Crippen LogP contribution in [-0.4, -0.2) is 32.9 Å². The van der Waals surface area contributed by atoms with Crippen molar-refractivity contribution in [2.45, 2.75) is 38.1 Å². The highest BCUT2D eigenvalue weighted by Crippen LogP contribution is 2.21. The molecule has 1 aromatic rings. The van der Waals surface area contributed by atoms with E-state index < -0.39 is 10.0 Å². The van der Waals surface area contributed by atoms with Crippen molar-refractivity contribution in [3.63, 3.8) is 0 Å². The average molecular weight is 342 g/mol. The first-order valence-electron chi connectivity index (χ1n) is 7.48. The van der Waals surface area contributed by atoms with Gasteiger partial charge in [-0.2, -0.15) is 0 Å². The lowest BCUT2D eigenvalue weighted by Crippen LogP contribution is -2.38. The first-order valence-corrected chi connectivity index (χ1v) is 9.73. The predicted octanol–water partition coefficient (Wildman–Crippen LogP) is 2.70. The Morgan fingerprint density at radius 2 is 1.95 bits per heavy atom. The van der Waals surface area contributed by atoms with Gasteiger partial charge in [-0.25, -0.2) is 8.42 Å². The summed E-state index contributed by atoms with van der Waals surface area (Å²) in [6, 6.07) is 7.65. The van der Waals surface area contributed by atoms with Crippen LogP contribution in [0.3, 0.4) is 0 Å². The number of hydrogen-bond acceptors (Lipinski definition) is 3. The molecule has 0 aromatic heterocycles. The van der Waals surface area contributed by atoms with Gasteiger partial charge in [-0.15, -0.1) is 0 Å². The van der Waals surface area contributed by atoms with Gasteiger partial charge in [-0.05, 0) is 43.3 Å². The average Bonchev–Trinajstić information content (AvgIpc) is 2.46. The summed E-state index contributed by atoms with van der Waals surface area (Å²) >= 11 is 5.35. The highest BCUT2D eigenvalue weighted by atomic mass is 32.2. The largest absolute Gasteiger partial charge is 0.360 e. The summed E-state index contributed by atoms with van der Waals surface area (Å²) < 4.78 is 24.4. The smallest absolute Gasteiger partial charge is 0.231 e. The highest BCUT2D eigenvalue weighted by Gasteiger charge is 2.15. The molecule has 0 spiro atoms. The minimum atomic E-state index is -3.27. The summed E-state index contributed by atoms with van der Waals surface area (Å²) in [6.07, 6.45) is 7.28. The summed E-state index contributed by atoms with van der Waals surface area (Å²) in [4.78, 5) is 0. The topological polar surface area (TPSA) is 61.4 Å². The van der Waals surface area contributed by atoms with E-state index in [-0.39, 0.29) is 0 Å². The maximum atomic E-state index is 11.6. The molecule has 2 N–H and O–H groups in total. The van der Waals surface area contributed by atoms with Crippen LogP contribution in [0.25, 0.3) is 0 Å². The first-order chi connectivity index (χ1) is 10.4. The van der Waals surface area contributed by atoms with E-state index in [9.17, 15) is 8.42 Å². The van der Waals surface area contributed by atoms with E-state index in [0.717, 1.165) is 18.5 Å². The van der Waals surface area contributed by atoms with Crippen LogP contribution in [0.5, 0.6) is 0 Å². The molecule has 2 rings (SSSR count). The van der Waals surface area contributed by atoms with Crippen LogP contribution in [0.15, 0.2) is 24.3 Å². The molecule has 0 radical (unpaired) electrons. The van der Waals surface area contributed by atoms with Crippen molar-refractivity contribution >= 4 is 38.7 Å². The molecular weight excluding hydrogens is 318 g/mol. The Hall–Kier alpha value is -1.34. The molecule has 7 heteroatoms. The standard InChI is InChI=1S/C15H23N3O2S2/c1-18(22(2,19)20)14-10-6-9-13(11-14)17-15(21)16-12-7-4-3-5-8-12/h6,9-12H,3-5,7-8H2,1-2H3,(H2,16,17,21). The van der Waals surface area contributed by atoms with E-state index in [2.05, 4.69) is 10.6 Å². The Balaban J connectivity index is 1.99. The molecule has 0 heterocycles. The van der Waals surface area contributed by atoms with Crippen molar-refractivity contribution in [3.8, 4) is 0 Å². The number of nitrogens with zero attached hydrogens (tertiary/aromatic N) is 1. The van der Waals surface area contributed by atoms with Gasteiger partial charge in [0.15, 0.2) is 5.11 Å². The van der Waals surface area contributed by atoms with E-state index >= 15 is 0 Å². The van der Waals surface area contributed by atoms with Gasteiger partial charge in [-0.1, -0.05) is 25.3 Å². The lowest BCUT2D eigenvalue weighted by atomic mass is 9.96. The van der Waals surface area contributed by atoms with Gasteiger partial charge in [-0.3, -0.25) is 4.31 Å². The Morgan fingerprint density at radius 3 is 2.59 bits per heavy atom. The van der Waals surface area contributed by atoms with E-state index in [1.807, 2.05) is 12.1 Å². The first kappa shape index (κ1) is 17.0. The molecule has 1 fully saturated rings. The van der Waals surface area contributed by atoms with Crippen molar-refractivity contribution in [1.29, 1.82) is 0 Å². The van der Waals surface area contributed by atoms with Crippen LogP contribution in [0.1, 0.15) is 32.1 Å². The fourth-order valence-electron chi connectivity index (χ4n) is 2.57. The van der Waals surface area contributed by atoms with Crippen molar-refractivity contribution in [1.82, 2.24) is 5.32 Å². The molecule has 0 unspecified atom stereocenters. The molecule has 1 aliphatic rings. The highest BCUT2D eigenvalue weighted by molar-refractivity contribution is 7.92. The molecule has 122 valence electrons.